The minimum Gasteiger partial charge on any atom is -0.444 e. The van der Waals surface area contributed by atoms with Gasteiger partial charge in [0, 0.05) is 61.2 Å². The van der Waals surface area contributed by atoms with Gasteiger partial charge in [-0.3, -0.25) is 9.69 Å². The van der Waals surface area contributed by atoms with E-state index in [-0.39, 0.29) is 30.6 Å². The molecule has 1 aliphatic rings. The second-order valence-electron chi connectivity index (χ2n) is 10.9. The quantitative estimate of drug-likeness (QED) is 0.217. The predicted octanol–water partition coefficient (Wildman–Crippen LogP) is 3.06. The van der Waals surface area contributed by atoms with Crippen molar-refractivity contribution in [3.05, 3.63) is 27.2 Å². The molecule has 0 radical (unpaired) electrons. The molecule has 3 atom stereocenters. The van der Waals surface area contributed by atoms with Gasteiger partial charge >= 0.3 is 12.1 Å². The molecule has 0 spiro atoms. The van der Waals surface area contributed by atoms with Gasteiger partial charge in [-0.05, 0) is 39.4 Å². The first-order valence-electron chi connectivity index (χ1n) is 14.5. The van der Waals surface area contributed by atoms with E-state index in [0.717, 1.165) is 28.7 Å². The van der Waals surface area contributed by atoms with Gasteiger partial charge in [0.15, 0.2) is 0 Å². The SMILES string of the molecule is CS/C(=C\N)COC(=O)N[C@@H](C)CC[C@H](C)NC(=O)C(CCN1CCOCC1)NC(=O)N(C)Cc1csc(C(C)C)n1. The van der Waals surface area contributed by atoms with Crippen LogP contribution in [0, 0.1) is 0 Å². The number of ether oxygens (including phenoxy) is 2. The molecule has 4 amide bonds. The normalized spacial score (nSPS) is 16.4. The summed E-state index contributed by atoms with van der Waals surface area (Å²) in [7, 11) is 1.71. The number of carbonyl (C=O) groups excluding carboxylic acids is 3. The second-order valence-corrected chi connectivity index (χ2v) is 12.7. The molecule has 0 aromatic carbocycles. The first kappa shape index (κ1) is 35.6. The lowest BCUT2D eigenvalue weighted by molar-refractivity contribution is -0.124. The number of thioether (sulfide) groups is 1. The Morgan fingerprint density at radius 2 is 1.81 bits per heavy atom. The van der Waals surface area contributed by atoms with Gasteiger partial charge in [0.2, 0.25) is 5.91 Å². The second kappa shape index (κ2) is 18.9. The minimum absolute atomic E-state index is 0.123. The Kier molecular flexibility index (Phi) is 16.0. The topological polar surface area (TPSA) is 151 Å². The van der Waals surface area contributed by atoms with Crippen LogP contribution >= 0.6 is 23.1 Å². The molecule has 238 valence electrons. The highest BCUT2D eigenvalue weighted by molar-refractivity contribution is 8.02. The summed E-state index contributed by atoms with van der Waals surface area (Å²) in [4.78, 5) is 47.7. The van der Waals surface area contributed by atoms with Crippen LogP contribution in [0.4, 0.5) is 9.59 Å². The van der Waals surface area contributed by atoms with Gasteiger partial charge in [-0.15, -0.1) is 23.1 Å². The maximum atomic E-state index is 13.3. The maximum absolute atomic E-state index is 13.3. The molecular formula is C28H49N7O5S2. The van der Waals surface area contributed by atoms with E-state index >= 15 is 0 Å². The highest BCUT2D eigenvalue weighted by atomic mass is 32.2. The molecule has 0 aliphatic carbocycles. The minimum atomic E-state index is -0.696. The fourth-order valence-electron chi connectivity index (χ4n) is 4.18. The largest absolute Gasteiger partial charge is 0.444 e. The number of alkyl carbamates (subject to hydrolysis) is 1. The summed E-state index contributed by atoms with van der Waals surface area (Å²) in [6.45, 7) is 12.1. The lowest BCUT2D eigenvalue weighted by Crippen LogP contribution is -2.53. The smallest absolute Gasteiger partial charge is 0.407 e. The number of aromatic nitrogens is 1. The molecule has 12 nitrogen and oxygen atoms in total. The first-order chi connectivity index (χ1) is 20.0. The maximum Gasteiger partial charge on any atom is 0.407 e. The number of hydrogen-bond donors (Lipinski definition) is 4. The molecule has 14 heteroatoms. The fraction of sp³-hybridized carbons (Fsp3) is 0.714. The molecule has 2 heterocycles. The van der Waals surface area contributed by atoms with Gasteiger partial charge in [0.1, 0.15) is 12.6 Å². The van der Waals surface area contributed by atoms with E-state index in [4.69, 9.17) is 15.2 Å². The Morgan fingerprint density at radius 1 is 1.14 bits per heavy atom. The molecular weight excluding hydrogens is 578 g/mol. The molecule has 1 saturated heterocycles. The lowest BCUT2D eigenvalue weighted by atomic mass is 10.1. The van der Waals surface area contributed by atoms with Crippen molar-refractivity contribution in [3.8, 4) is 0 Å². The van der Waals surface area contributed by atoms with Gasteiger partial charge in [-0.25, -0.2) is 14.6 Å². The monoisotopic (exact) mass is 627 g/mol. The molecule has 1 aromatic heterocycles. The number of rotatable bonds is 16. The standard InChI is InChI=1S/C28H49N7O5S2/c1-19(2)26-32-22(18-42-26)16-34(5)27(37)33-24(9-10-35-11-13-39-14-12-35)25(36)30-20(3)7-8-21(4)31-28(38)40-17-23(15-29)41-6/h15,18-21,24H,7-14,16-17,29H2,1-6H3,(H,30,36)(H,31,38)(H,33,37)/b23-15-/t20-,21-,24?/m0/s1. The van der Waals surface area contributed by atoms with Crippen molar-refractivity contribution in [2.24, 2.45) is 5.73 Å². The average Bonchev–Trinajstić information content (AvgIpc) is 3.44. The number of urea groups is 1. The molecule has 1 aromatic rings. The zero-order chi connectivity index (χ0) is 31.1. The van der Waals surface area contributed by atoms with Crippen molar-refractivity contribution in [2.45, 2.75) is 77.5 Å². The van der Waals surface area contributed by atoms with Crippen LogP contribution in [0.25, 0.3) is 0 Å². The zero-order valence-electron chi connectivity index (χ0n) is 25.8. The fourth-order valence-corrected chi connectivity index (χ4v) is 5.32. The molecule has 5 N–H and O–H groups in total. The van der Waals surface area contributed by atoms with Crippen molar-refractivity contribution < 1.29 is 23.9 Å². The number of nitrogens with two attached hydrogens (primary N) is 1. The Hall–Kier alpha value is -2.55. The van der Waals surface area contributed by atoms with Crippen LogP contribution in [0.15, 0.2) is 16.5 Å². The van der Waals surface area contributed by atoms with Crippen molar-refractivity contribution in [1.29, 1.82) is 0 Å². The first-order valence-corrected chi connectivity index (χ1v) is 16.6. The Bertz CT molecular complexity index is 1020. The summed E-state index contributed by atoms with van der Waals surface area (Å²) >= 11 is 3.01. The number of thiazole rings is 1. The molecule has 42 heavy (non-hydrogen) atoms. The number of nitrogens with one attached hydrogen (secondary N) is 3. The number of hydrogen-bond acceptors (Lipinski definition) is 10. The van der Waals surface area contributed by atoms with Crippen LogP contribution in [0.1, 0.15) is 63.6 Å². The molecule has 2 rings (SSSR count). The van der Waals surface area contributed by atoms with E-state index in [1.54, 1.807) is 23.3 Å². The van der Waals surface area contributed by atoms with Crippen LogP contribution in [-0.2, 0) is 20.8 Å². The van der Waals surface area contributed by atoms with E-state index in [2.05, 4.69) is 39.7 Å². The predicted molar refractivity (Wildman–Crippen MR) is 168 cm³/mol. The van der Waals surface area contributed by atoms with Crippen molar-refractivity contribution in [3.63, 3.8) is 0 Å². The number of carbonyl (C=O) groups is 3. The van der Waals surface area contributed by atoms with Crippen molar-refractivity contribution in [2.75, 3.05) is 52.8 Å². The average molecular weight is 628 g/mol. The summed E-state index contributed by atoms with van der Waals surface area (Å²) in [5.74, 6) is 0.101. The van der Waals surface area contributed by atoms with E-state index in [0.29, 0.717) is 51.5 Å². The zero-order valence-corrected chi connectivity index (χ0v) is 27.4. The third kappa shape index (κ3) is 13.2. The third-order valence-electron chi connectivity index (χ3n) is 6.84. The Labute approximate surface area is 258 Å². The molecule has 1 unspecified atom stereocenters. The highest BCUT2D eigenvalue weighted by Crippen LogP contribution is 2.20. The molecule has 1 fully saturated rings. The summed E-state index contributed by atoms with van der Waals surface area (Å²) in [5.41, 5.74) is 6.32. The molecule has 1 aliphatic heterocycles. The van der Waals surface area contributed by atoms with E-state index in [1.165, 1.54) is 18.0 Å². The van der Waals surface area contributed by atoms with Gasteiger partial charge in [0.25, 0.3) is 0 Å². The van der Waals surface area contributed by atoms with Crippen LogP contribution < -0.4 is 21.7 Å². The van der Waals surface area contributed by atoms with Gasteiger partial charge in [-0.1, -0.05) is 13.8 Å². The van der Waals surface area contributed by atoms with Crippen LogP contribution in [-0.4, -0.2) is 104 Å². The summed E-state index contributed by atoms with van der Waals surface area (Å²) in [5, 5.41) is 11.8. The van der Waals surface area contributed by atoms with Gasteiger partial charge in [-0.2, -0.15) is 0 Å². The van der Waals surface area contributed by atoms with E-state index in [1.807, 2.05) is 25.5 Å². The number of nitrogens with zero attached hydrogens (tertiary/aromatic N) is 3. The summed E-state index contributed by atoms with van der Waals surface area (Å²) in [6, 6.07) is -1.33. The van der Waals surface area contributed by atoms with Crippen molar-refractivity contribution >= 4 is 41.1 Å². The third-order valence-corrected chi connectivity index (χ3v) is 8.81. The summed E-state index contributed by atoms with van der Waals surface area (Å²) in [6.07, 6.45) is 4.52. The van der Waals surface area contributed by atoms with Gasteiger partial charge < -0.3 is 36.1 Å². The highest BCUT2D eigenvalue weighted by Gasteiger charge is 2.25. The molecule has 0 saturated carbocycles. The van der Waals surface area contributed by atoms with Gasteiger partial charge in [0.05, 0.1) is 30.5 Å². The number of amides is 4. The van der Waals surface area contributed by atoms with Crippen LogP contribution in [0.3, 0.4) is 0 Å². The van der Waals surface area contributed by atoms with E-state index in [9.17, 15) is 14.4 Å². The lowest BCUT2D eigenvalue weighted by Gasteiger charge is -2.29. The molecule has 0 bridgehead atoms. The number of morpholine rings is 1. The Morgan fingerprint density at radius 3 is 2.40 bits per heavy atom. The van der Waals surface area contributed by atoms with Crippen molar-refractivity contribution in [1.82, 2.24) is 30.7 Å². The summed E-state index contributed by atoms with van der Waals surface area (Å²) < 4.78 is 10.6. The Balaban J connectivity index is 1.89. The van der Waals surface area contributed by atoms with Crippen LogP contribution in [0.2, 0.25) is 0 Å². The van der Waals surface area contributed by atoms with E-state index < -0.39 is 12.1 Å². The van der Waals surface area contributed by atoms with Crippen LogP contribution in [0.5, 0.6) is 0 Å².